The van der Waals surface area contributed by atoms with E-state index in [1.807, 2.05) is 0 Å². The topological polar surface area (TPSA) is 89.5 Å². The lowest BCUT2D eigenvalue weighted by atomic mass is 10.0. The Balaban J connectivity index is 2.26. The fourth-order valence-electron chi connectivity index (χ4n) is 3.00. The van der Waals surface area contributed by atoms with Crippen LogP contribution in [-0.4, -0.2) is 64.4 Å². The van der Waals surface area contributed by atoms with Crippen molar-refractivity contribution in [2.24, 2.45) is 0 Å². The van der Waals surface area contributed by atoms with Gasteiger partial charge in [0.15, 0.2) is 26.5 Å². The van der Waals surface area contributed by atoms with Crippen molar-refractivity contribution in [1.29, 1.82) is 0 Å². The number of ether oxygens (including phenoxy) is 5. The molecule has 4 atom stereocenters. The molecule has 0 radical (unpaired) electrons. The second-order valence-corrected chi connectivity index (χ2v) is 14.0. The Morgan fingerprint density at radius 1 is 1.28 bits per heavy atom. The molecule has 0 unspecified atom stereocenters. The van der Waals surface area contributed by atoms with Crippen LogP contribution in [0.3, 0.4) is 0 Å². The largest absolute Gasteiger partial charge is 0.463 e. The summed E-state index contributed by atoms with van der Waals surface area (Å²) in [6, 6.07) is 0. The summed E-state index contributed by atoms with van der Waals surface area (Å²) in [5.41, 5.74) is 0.518. The van der Waals surface area contributed by atoms with Crippen LogP contribution in [0.4, 0.5) is 0 Å². The van der Waals surface area contributed by atoms with Gasteiger partial charge in [0.25, 0.3) is 6.47 Å². The summed E-state index contributed by atoms with van der Waals surface area (Å²) in [4.78, 5) is 23.3. The van der Waals surface area contributed by atoms with E-state index in [0.29, 0.717) is 12.0 Å². The van der Waals surface area contributed by atoms with E-state index in [2.05, 4.69) is 33.9 Å². The zero-order chi connectivity index (χ0) is 22.0. The number of esters is 1. The molecule has 0 aromatic carbocycles. The van der Waals surface area contributed by atoms with Crippen molar-refractivity contribution in [3.8, 4) is 0 Å². The molecule has 0 aromatic rings. The Morgan fingerprint density at radius 3 is 2.48 bits per heavy atom. The normalized spacial score (nSPS) is 28.8. The highest BCUT2D eigenvalue weighted by Crippen LogP contribution is 2.42. The van der Waals surface area contributed by atoms with Gasteiger partial charge in [-0.05, 0) is 38.9 Å². The minimum Gasteiger partial charge on any atom is -0.463 e. The molecule has 0 spiro atoms. The van der Waals surface area contributed by atoms with E-state index in [1.54, 1.807) is 20.8 Å². The van der Waals surface area contributed by atoms with Crippen molar-refractivity contribution in [3.63, 3.8) is 0 Å². The summed E-state index contributed by atoms with van der Waals surface area (Å²) in [5.74, 6) is -1.37. The lowest BCUT2D eigenvalue weighted by Gasteiger charge is -2.37. The maximum atomic E-state index is 12.1. The molecular weight excluding hydrogens is 396 g/mol. The molecule has 2 saturated heterocycles. The predicted octanol–water partition coefficient (Wildman–Crippen LogP) is 2.92. The van der Waals surface area contributed by atoms with E-state index in [0.717, 1.165) is 0 Å². The number of hydrogen-bond acceptors (Lipinski definition) is 8. The predicted molar refractivity (Wildman–Crippen MR) is 108 cm³/mol. The molecule has 0 N–H and O–H groups in total. The van der Waals surface area contributed by atoms with E-state index in [4.69, 9.17) is 28.1 Å². The van der Waals surface area contributed by atoms with Gasteiger partial charge in [-0.2, -0.15) is 0 Å². The van der Waals surface area contributed by atoms with E-state index in [9.17, 15) is 9.59 Å². The lowest BCUT2D eigenvalue weighted by molar-refractivity contribution is -0.211. The van der Waals surface area contributed by atoms with Gasteiger partial charge in [0.1, 0.15) is 12.2 Å². The third-order valence-electron chi connectivity index (χ3n) is 5.55. The van der Waals surface area contributed by atoms with Crippen molar-refractivity contribution < 1.29 is 37.7 Å². The Labute approximate surface area is 173 Å². The Kier molecular flexibility index (Phi) is 7.33. The van der Waals surface area contributed by atoms with Gasteiger partial charge in [0.05, 0.1) is 13.2 Å². The van der Waals surface area contributed by atoms with Crippen LogP contribution in [0.5, 0.6) is 0 Å². The highest BCUT2D eigenvalue weighted by molar-refractivity contribution is 6.74. The van der Waals surface area contributed by atoms with Crippen LogP contribution in [0, 0.1) is 0 Å². The summed E-state index contributed by atoms with van der Waals surface area (Å²) in [6.07, 6.45) is -1.44. The molecule has 8 nitrogen and oxygen atoms in total. The maximum Gasteiger partial charge on any atom is 0.330 e. The van der Waals surface area contributed by atoms with Crippen molar-refractivity contribution in [2.45, 2.75) is 90.1 Å². The van der Waals surface area contributed by atoms with Gasteiger partial charge in [0.2, 0.25) is 0 Å². The van der Waals surface area contributed by atoms with Crippen molar-refractivity contribution in [1.82, 2.24) is 0 Å². The molecule has 0 aromatic heterocycles. The van der Waals surface area contributed by atoms with Gasteiger partial charge in [-0.3, -0.25) is 4.79 Å². The molecule has 9 heteroatoms. The summed E-state index contributed by atoms with van der Waals surface area (Å²) >= 11 is 0. The van der Waals surface area contributed by atoms with Crippen LogP contribution < -0.4 is 0 Å². The third kappa shape index (κ3) is 5.67. The molecule has 166 valence electrons. The SMILES string of the molecule is CCOC(=O)/C=C1\[C@H]2OC(C)(C)O[C@H]2O[C@@H]1[C@H](CO[Si](C)(C)C(C)(C)C)OC=O. The standard InChI is InChI=1S/C20H34O8Si/c1-9-23-15(22)10-13-16(26-18-17(13)27-20(5,6)28-18)14(24-12-21)11-25-29(7,8)19(2,3)4/h10,12,14,16-18H,9,11H2,1-8H3/b13-10-/t14-,16-,17+,18+/m0/s1. The molecule has 0 bridgehead atoms. The average molecular weight is 431 g/mol. The van der Waals surface area contributed by atoms with Crippen LogP contribution in [0.25, 0.3) is 0 Å². The molecule has 2 aliphatic heterocycles. The van der Waals surface area contributed by atoms with E-state index in [1.165, 1.54) is 6.08 Å². The molecule has 0 saturated carbocycles. The molecule has 29 heavy (non-hydrogen) atoms. The molecule has 0 aliphatic carbocycles. The van der Waals surface area contributed by atoms with Crippen molar-refractivity contribution in [2.75, 3.05) is 13.2 Å². The molecular formula is C20H34O8Si. The van der Waals surface area contributed by atoms with Crippen LogP contribution in [-0.2, 0) is 37.7 Å². The minimum atomic E-state index is -2.09. The van der Waals surface area contributed by atoms with Gasteiger partial charge < -0.3 is 28.1 Å². The molecule has 2 rings (SSSR count). The first-order chi connectivity index (χ1) is 13.3. The second-order valence-electron chi connectivity index (χ2n) is 9.22. The van der Waals surface area contributed by atoms with E-state index < -0.39 is 44.7 Å². The zero-order valence-electron chi connectivity index (χ0n) is 18.6. The summed E-state index contributed by atoms with van der Waals surface area (Å²) < 4.78 is 34.3. The third-order valence-corrected chi connectivity index (χ3v) is 10.1. The van der Waals surface area contributed by atoms with Gasteiger partial charge in [-0.15, -0.1) is 0 Å². The summed E-state index contributed by atoms with van der Waals surface area (Å²) in [7, 11) is -2.09. The summed E-state index contributed by atoms with van der Waals surface area (Å²) in [5, 5.41) is -0.00832. The van der Waals surface area contributed by atoms with Gasteiger partial charge in [0, 0.05) is 11.6 Å². The van der Waals surface area contributed by atoms with Crippen LogP contribution in [0.2, 0.25) is 18.1 Å². The second kappa shape index (κ2) is 8.85. The zero-order valence-corrected chi connectivity index (χ0v) is 19.6. The fraction of sp³-hybridized carbons (Fsp3) is 0.800. The average Bonchev–Trinajstić information content (AvgIpc) is 3.03. The highest BCUT2D eigenvalue weighted by atomic mass is 28.4. The van der Waals surface area contributed by atoms with Crippen LogP contribution in [0.15, 0.2) is 11.6 Å². The maximum absolute atomic E-state index is 12.1. The Morgan fingerprint density at radius 2 is 1.93 bits per heavy atom. The Hall–Kier alpha value is -1.26. The van der Waals surface area contributed by atoms with E-state index in [-0.39, 0.29) is 18.3 Å². The number of carbonyl (C=O) groups is 2. The first kappa shape index (κ1) is 24.0. The van der Waals surface area contributed by atoms with Crippen molar-refractivity contribution in [3.05, 3.63) is 11.6 Å². The van der Waals surface area contributed by atoms with Gasteiger partial charge in [-0.25, -0.2) is 4.79 Å². The fourth-order valence-corrected chi connectivity index (χ4v) is 4.02. The molecule has 0 amide bonds. The first-order valence-corrected chi connectivity index (χ1v) is 12.8. The smallest absolute Gasteiger partial charge is 0.330 e. The number of carbonyl (C=O) groups excluding carboxylic acids is 2. The van der Waals surface area contributed by atoms with Gasteiger partial charge >= 0.3 is 5.97 Å². The van der Waals surface area contributed by atoms with E-state index >= 15 is 0 Å². The minimum absolute atomic E-state index is 0.00832. The molecule has 2 aliphatic rings. The van der Waals surface area contributed by atoms with Crippen molar-refractivity contribution >= 4 is 20.8 Å². The number of rotatable bonds is 8. The first-order valence-electron chi connectivity index (χ1n) is 9.93. The number of fused-ring (bicyclic) bond motifs is 1. The summed E-state index contributed by atoms with van der Waals surface area (Å²) in [6.45, 7) is 16.6. The van der Waals surface area contributed by atoms with Gasteiger partial charge in [-0.1, -0.05) is 20.8 Å². The Bertz CT molecular complexity index is 637. The monoisotopic (exact) mass is 430 g/mol. The van der Waals surface area contributed by atoms with Crippen LogP contribution in [0.1, 0.15) is 41.5 Å². The number of hydrogen-bond donors (Lipinski definition) is 0. The quantitative estimate of drug-likeness (QED) is 0.251. The van der Waals surface area contributed by atoms with Crippen LogP contribution >= 0.6 is 0 Å². The molecule has 2 heterocycles. The lowest BCUT2D eigenvalue weighted by Crippen LogP contribution is -2.45. The highest BCUT2D eigenvalue weighted by Gasteiger charge is 2.54. The molecule has 2 fully saturated rings.